The van der Waals surface area contributed by atoms with E-state index >= 15 is 0 Å². The average Bonchev–Trinajstić information content (AvgIpc) is 2.80. The first-order chi connectivity index (χ1) is 14.8. The smallest absolute Gasteiger partial charge is 0.310 e. The highest BCUT2D eigenvalue weighted by Gasteiger charge is 2.39. The molecule has 5 rings (SSSR count). The van der Waals surface area contributed by atoms with Crippen molar-refractivity contribution < 1.29 is 4.79 Å². The highest BCUT2D eigenvalue weighted by molar-refractivity contribution is 5.92. The second kappa shape index (κ2) is 8.28. The third kappa shape index (κ3) is 3.68. The second-order valence-electron chi connectivity index (χ2n) is 8.08. The van der Waals surface area contributed by atoms with Crippen LogP contribution in [-0.2, 0) is 6.54 Å². The van der Waals surface area contributed by atoms with Gasteiger partial charge in [0.1, 0.15) is 5.82 Å². The van der Waals surface area contributed by atoms with E-state index in [0.717, 1.165) is 43.6 Å². The maximum Gasteiger partial charge on any atom is 0.324 e. The van der Waals surface area contributed by atoms with Crippen molar-refractivity contribution in [1.82, 2.24) is 14.8 Å². The van der Waals surface area contributed by atoms with Crippen LogP contribution in [0, 0.1) is 0 Å². The van der Waals surface area contributed by atoms with E-state index in [9.17, 15) is 4.79 Å². The van der Waals surface area contributed by atoms with Gasteiger partial charge in [-0.15, -0.1) is 0 Å². The quantitative estimate of drug-likeness (QED) is 0.694. The van der Waals surface area contributed by atoms with Crippen molar-refractivity contribution >= 4 is 11.8 Å². The minimum Gasteiger partial charge on any atom is -0.310 e. The number of hydrogen-bond donors (Lipinski definition) is 1. The Morgan fingerprint density at radius 3 is 2.33 bits per heavy atom. The standard InChI is InChI=1S/C25H26N4O/c30-25-27-24-22(12-7-15-26-24)23(20-10-5-2-6-11-20)29(25)21-13-16-28(17-14-21)18-19-8-3-1-4-9-19/h1-12,15,21,23H,13-14,16-18H2,(H,26,27,30). The monoisotopic (exact) mass is 398 g/mol. The lowest BCUT2D eigenvalue weighted by molar-refractivity contribution is 0.105. The number of carbonyl (C=O) groups excluding carboxylic acids is 1. The summed E-state index contributed by atoms with van der Waals surface area (Å²) in [7, 11) is 0. The van der Waals surface area contributed by atoms with Crippen LogP contribution >= 0.6 is 0 Å². The number of amides is 2. The molecule has 1 unspecified atom stereocenters. The SMILES string of the molecule is O=C1Nc2ncccc2C(c2ccccc2)N1C1CCN(Cc2ccccc2)CC1. The van der Waals surface area contributed by atoms with Crippen molar-refractivity contribution in [3.05, 3.63) is 95.7 Å². The van der Waals surface area contributed by atoms with E-state index < -0.39 is 0 Å². The molecule has 30 heavy (non-hydrogen) atoms. The molecule has 0 saturated carbocycles. The van der Waals surface area contributed by atoms with E-state index in [4.69, 9.17) is 0 Å². The van der Waals surface area contributed by atoms with Gasteiger partial charge in [0.2, 0.25) is 0 Å². The Morgan fingerprint density at radius 1 is 0.900 bits per heavy atom. The average molecular weight is 399 g/mol. The predicted octanol–water partition coefficient (Wildman–Crippen LogP) is 4.68. The zero-order valence-electron chi connectivity index (χ0n) is 16.9. The van der Waals surface area contributed by atoms with Crippen LogP contribution in [0.5, 0.6) is 0 Å². The Kier molecular flexibility index (Phi) is 5.20. The summed E-state index contributed by atoms with van der Waals surface area (Å²) in [5.74, 6) is 0.675. The van der Waals surface area contributed by atoms with Gasteiger partial charge in [0, 0.05) is 37.4 Å². The molecule has 3 heterocycles. The van der Waals surface area contributed by atoms with Gasteiger partial charge in [-0.25, -0.2) is 9.78 Å². The second-order valence-corrected chi connectivity index (χ2v) is 8.08. The number of nitrogens with one attached hydrogen (secondary N) is 1. The van der Waals surface area contributed by atoms with E-state index in [2.05, 4.69) is 68.6 Å². The number of piperidine rings is 1. The van der Waals surface area contributed by atoms with Gasteiger partial charge >= 0.3 is 6.03 Å². The number of aromatic nitrogens is 1. The largest absolute Gasteiger partial charge is 0.324 e. The Labute approximate surface area is 177 Å². The summed E-state index contributed by atoms with van der Waals surface area (Å²) in [5, 5.41) is 3.02. The van der Waals surface area contributed by atoms with Crippen LogP contribution in [0.1, 0.15) is 35.6 Å². The molecular formula is C25H26N4O. The van der Waals surface area contributed by atoms with Gasteiger partial charge < -0.3 is 4.90 Å². The van der Waals surface area contributed by atoms with Crippen molar-refractivity contribution in [2.24, 2.45) is 0 Å². The minimum absolute atomic E-state index is 0.0448. The fourth-order valence-electron chi connectivity index (χ4n) is 4.73. The number of nitrogens with zero attached hydrogens (tertiary/aromatic N) is 3. The molecule has 0 bridgehead atoms. The van der Waals surface area contributed by atoms with Crippen LogP contribution in [0.3, 0.4) is 0 Å². The maximum absolute atomic E-state index is 13.2. The van der Waals surface area contributed by atoms with Gasteiger partial charge in [-0.05, 0) is 30.0 Å². The number of hydrogen-bond acceptors (Lipinski definition) is 3. The van der Waals surface area contributed by atoms with Crippen molar-refractivity contribution in [3.8, 4) is 0 Å². The number of urea groups is 1. The third-order valence-electron chi connectivity index (χ3n) is 6.19. The lowest BCUT2D eigenvalue weighted by atomic mass is 9.92. The van der Waals surface area contributed by atoms with E-state index in [-0.39, 0.29) is 18.1 Å². The molecule has 0 spiro atoms. The fraction of sp³-hybridized carbons (Fsp3) is 0.280. The number of anilines is 1. The summed E-state index contributed by atoms with van der Waals surface area (Å²) < 4.78 is 0. The minimum atomic E-state index is -0.102. The topological polar surface area (TPSA) is 48.5 Å². The maximum atomic E-state index is 13.2. The molecular weight excluding hydrogens is 372 g/mol. The molecule has 1 saturated heterocycles. The molecule has 3 aromatic rings. The molecule has 1 N–H and O–H groups in total. The Bertz CT molecular complexity index is 1000. The van der Waals surface area contributed by atoms with E-state index in [1.54, 1.807) is 6.20 Å². The van der Waals surface area contributed by atoms with Gasteiger partial charge in [-0.1, -0.05) is 66.7 Å². The Hall–Kier alpha value is -3.18. The molecule has 0 aliphatic carbocycles. The van der Waals surface area contributed by atoms with E-state index in [1.165, 1.54) is 5.56 Å². The molecule has 1 atom stereocenters. The number of fused-ring (bicyclic) bond motifs is 1. The highest BCUT2D eigenvalue weighted by Crippen LogP contribution is 2.39. The lowest BCUT2D eigenvalue weighted by Crippen LogP contribution is -2.52. The first-order valence-electron chi connectivity index (χ1n) is 10.6. The molecule has 5 nitrogen and oxygen atoms in total. The Morgan fingerprint density at radius 2 is 1.60 bits per heavy atom. The van der Waals surface area contributed by atoms with E-state index in [0.29, 0.717) is 5.82 Å². The zero-order valence-corrected chi connectivity index (χ0v) is 16.9. The molecule has 5 heteroatoms. The summed E-state index contributed by atoms with van der Waals surface area (Å²) in [6, 6.07) is 25.0. The van der Waals surface area contributed by atoms with Crippen molar-refractivity contribution in [2.75, 3.05) is 18.4 Å². The number of pyridine rings is 1. The Balaban J connectivity index is 1.38. The summed E-state index contributed by atoms with van der Waals surface area (Å²) in [4.78, 5) is 22.1. The van der Waals surface area contributed by atoms with Gasteiger partial charge in [-0.2, -0.15) is 0 Å². The summed E-state index contributed by atoms with van der Waals surface area (Å²) in [6.45, 7) is 2.95. The van der Waals surface area contributed by atoms with Gasteiger partial charge in [0.15, 0.2) is 0 Å². The van der Waals surface area contributed by atoms with Crippen molar-refractivity contribution in [1.29, 1.82) is 0 Å². The predicted molar refractivity (Wildman–Crippen MR) is 118 cm³/mol. The molecule has 0 radical (unpaired) electrons. The fourth-order valence-corrected chi connectivity index (χ4v) is 4.73. The van der Waals surface area contributed by atoms with Gasteiger partial charge in [-0.3, -0.25) is 10.2 Å². The van der Waals surface area contributed by atoms with Crippen molar-refractivity contribution in [2.45, 2.75) is 31.5 Å². The van der Waals surface area contributed by atoms with Gasteiger partial charge in [0.05, 0.1) is 6.04 Å². The van der Waals surface area contributed by atoms with E-state index in [1.807, 2.05) is 24.3 Å². The molecule has 2 aliphatic heterocycles. The van der Waals surface area contributed by atoms with Crippen LogP contribution < -0.4 is 5.32 Å². The third-order valence-corrected chi connectivity index (χ3v) is 6.19. The first kappa shape index (κ1) is 18.8. The summed E-state index contributed by atoms with van der Waals surface area (Å²) in [5.41, 5.74) is 3.54. The molecule has 152 valence electrons. The lowest BCUT2D eigenvalue weighted by Gasteiger charge is -2.45. The van der Waals surface area contributed by atoms with Crippen LogP contribution in [0.4, 0.5) is 10.6 Å². The number of benzene rings is 2. The molecule has 1 aromatic heterocycles. The zero-order chi connectivity index (χ0) is 20.3. The molecule has 1 fully saturated rings. The number of rotatable bonds is 4. The molecule has 2 amide bonds. The number of carbonyl (C=O) groups is 1. The van der Waals surface area contributed by atoms with Crippen LogP contribution in [0.25, 0.3) is 0 Å². The van der Waals surface area contributed by atoms with Crippen molar-refractivity contribution in [3.63, 3.8) is 0 Å². The van der Waals surface area contributed by atoms with Crippen LogP contribution in [0.15, 0.2) is 79.0 Å². The summed E-state index contributed by atoms with van der Waals surface area (Å²) in [6.07, 6.45) is 3.68. The highest BCUT2D eigenvalue weighted by atomic mass is 16.2. The normalized spacial score (nSPS) is 19.9. The van der Waals surface area contributed by atoms with Crippen LogP contribution in [0.2, 0.25) is 0 Å². The van der Waals surface area contributed by atoms with Gasteiger partial charge in [0.25, 0.3) is 0 Å². The van der Waals surface area contributed by atoms with Crippen LogP contribution in [-0.4, -0.2) is 39.9 Å². The number of likely N-dealkylation sites (tertiary alicyclic amines) is 1. The molecule has 2 aliphatic rings. The molecule has 2 aromatic carbocycles. The first-order valence-corrected chi connectivity index (χ1v) is 10.6. The summed E-state index contributed by atoms with van der Waals surface area (Å²) >= 11 is 0.